The van der Waals surface area contributed by atoms with Crippen LogP contribution < -0.4 is 10.1 Å². The number of hydrogen-bond acceptors (Lipinski definition) is 5. The van der Waals surface area contributed by atoms with Crippen LogP contribution in [0.4, 0.5) is 0 Å². The van der Waals surface area contributed by atoms with Crippen LogP contribution >= 0.6 is 11.3 Å². The summed E-state index contributed by atoms with van der Waals surface area (Å²) in [4.78, 5) is 8.71. The molecular weight excluding hydrogens is 282 g/mol. The van der Waals surface area contributed by atoms with Crippen molar-refractivity contribution in [1.82, 2.24) is 15.3 Å². The molecule has 0 bridgehead atoms. The van der Waals surface area contributed by atoms with E-state index in [0.29, 0.717) is 0 Å². The lowest BCUT2D eigenvalue weighted by Crippen LogP contribution is -2.19. The highest BCUT2D eigenvalue weighted by Crippen LogP contribution is 2.31. The zero-order chi connectivity index (χ0) is 14.1. The number of pyridine rings is 1. The van der Waals surface area contributed by atoms with Gasteiger partial charge < -0.3 is 10.1 Å². The number of thiazole rings is 1. The van der Waals surface area contributed by atoms with Crippen LogP contribution in [0.2, 0.25) is 0 Å². The first-order valence-corrected chi connectivity index (χ1v) is 7.93. The van der Waals surface area contributed by atoms with E-state index in [2.05, 4.69) is 27.4 Å². The topological polar surface area (TPSA) is 47.0 Å². The molecule has 0 spiro atoms. The first-order chi connectivity index (χ1) is 10.4. The molecule has 0 radical (unpaired) electrons. The Morgan fingerprint density at radius 3 is 3.10 bits per heavy atom. The normalized spacial score (nSPS) is 18.2. The quantitative estimate of drug-likeness (QED) is 0.807. The molecule has 0 amide bonds. The lowest BCUT2D eigenvalue weighted by molar-refractivity contribution is 0.223. The molecule has 4 rings (SSSR count). The lowest BCUT2D eigenvalue weighted by Gasteiger charge is -2.13. The average molecular weight is 297 g/mol. The molecule has 3 aromatic rings. The summed E-state index contributed by atoms with van der Waals surface area (Å²) >= 11 is 1.63. The third-order valence-electron chi connectivity index (χ3n) is 3.71. The largest absolute Gasteiger partial charge is 0.489 e. The van der Waals surface area contributed by atoms with E-state index >= 15 is 0 Å². The minimum absolute atomic E-state index is 0.271. The van der Waals surface area contributed by atoms with Crippen molar-refractivity contribution < 1.29 is 4.74 Å². The minimum Gasteiger partial charge on any atom is -0.489 e. The predicted molar refractivity (Wildman–Crippen MR) is 84.8 cm³/mol. The molecule has 4 nitrogen and oxygen atoms in total. The standard InChI is InChI=1S/C16H15N3OS/c1-2-12(20-13-3-4-17-9-13)7-14-11(1)8-18-10-15(14)16-19-5-6-21-16/h1-2,5-8,10,13,17H,3-4,9H2/t13-/m0/s1. The van der Waals surface area contributed by atoms with Crippen LogP contribution in [0.5, 0.6) is 5.75 Å². The lowest BCUT2D eigenvalue weighted by atomic mass is 10.1. The van der Waals surface area contributed by atoms with E-state index in [4.69, 9.17) is 4.74 Å². The van der Waals surface area contributed by atoms with E-state index in [1.165, 1.54) is 0 Å². The highest BCUT2D eigenvalue weighted by Gasteiger charge is 2.16. The predicted octanol–water partition coefficient (Wildman–Crippen LogP) is 3.10. The summed E-state index contributed by atoms with van der Waals surface area (Å²) in [6, 6.07) is 6.19. The van der Waals surface area contributed by atoms with Crippen molar-refractivity contribution in [2.75, 3.05) is 13.1 Å². The Bertz CT molecular complexity index is 751. The summed E-state index contributed by atoms with van der Waals surface area (Å²) in [7, 11) is 0. The average Bonchev–Trinajstić information content (AvgIpc) is 3.20. The Labute approximate surface area is 126 Å². The van der Waals surface area contributed by atoms with Gasteiger partial charge in [0, 0.05) is 41.5 Å². The smallest absolute Gasteiger partial charge is 0.125 e. The Morgan fingerprint density at radius 2 is 2.29 bits per heavy atom. The summed E-state index contributed by atoms with van der Waals surface area (Å²) < 4.78 is 6.06. The van der Waals surface area contributed by atoms with E-state index in [-0.39, 0.29) is 6.10 Å². The van der Waals surface area contributed by atoms with Crippen LogP contribution in [0, 0.1) is 0 Å². The first-order valence-electron chi connectivity index (χ1n) is 7.05. The van der Waals surface area contributed by atoms with Gasteiger partial charge in [0.1, 0.15) is 16.9 Å². The number of benzene rings is 1. The van der Waals surface area contributed by atoms with Crippen molar-refractivity contribution in [1.29, 1.82) is 0 Å². The van der Waals surface area contributed by atoms with Gasteiger partial charge in [0.15, 0.2) is 0 Å². The summed E-state index contributed by atoms with van der Waals surface area (Å²) in [6.07, 6.45) is 6.92. The highest BCUT2D eigenvalue weighted by atomic mass is 32.1. The Morgan fingerprint density at radius 1 is 1.29 bits per heavy atom. The molecule has 1 fully saturated rings. The maximum absolute atomic E-state index is 6.06. The summed E-state index contributed by atoms with van der Waals surface area (Å²) in [5.74, 6) is 0.917. The van der Waals surface area contributed by atoms with E-state index in [9.17, 15) is 0 Å². The fraction of sp³-hybridized carbons (Fsp3) is 0.250. The maximum Gasteiger partial charge on any atom is 0.125 e. The fourth-order valence-electron chi connectivity index (χ4n) is 2.66. The fourth-order valence-corrected chi connectivity index (χ4v) is 3.33. The van der Waals surface area contributed by atoms with Gasteiger partial charge in [0.2, 0.25) is 0 Å². The number of ether oxygens (including phenoxy) is 1. The molecule has 106 valence electrons. The Hall–Kier alpha value is -1.98. The highest BCUT2D eigenvalue weighted by molar-refractivity contribution is 7.13. The zero-order valence-corrected chi connectivity index (χ0v) is 12.3. The van der Waals surface area contributed by atoms with Crippen molar-refractivity contribution in [2.24, 2.45) is 0 Å². The second-order valence-electron chi connectivity index (χ2n) is 5.14. The van der Waals surface area contributed by atoms with Crippen molar-refractivity contribution in [3.8, 4) is 16.3 Å². The third kappa shape index (κ3) is 2.50. The molecule has 0 aliphatic carbocycles. The molecule has 1 aliphatic heterocycles. The SMILES string of the molecule is c1csc(-c2cncc3ccc(O[C@H]4CCNC4)cc23)n1. The van der Waals surface area contributed by atoms with E-state index in [1.807, 2.05) is 30.0 Å². The van der Waals surface area contributed by atoms with Crippen molar-refractivity contribution in [3.05, 3.63) is 42.2 Å². The van der Waals surface area contributed by atoms with Crippen molar-refractivity contribution in [3.63, 3.8) is 0 Å². The van der Waals surface area contributed by atoms with Gasteiger partial charge in [-0.15, -0.1) is 11.3 Å². The van der Waals surface area contributed by atoms with Crippen molar-refractivity contribution >= 4 is 22.1 Å². The monoisotopic (exact) mass is 297 g/mol. The van der Waals surface area contributed by atoms with E-state index in [0.717, 1.165) is 46.6 Å². The first kappa shape index (κ1) is 12.7. The van der Waals surface area contributed by atoms with E-state index < -0.39 is 0 Å². The molecule has 5 heteroatoms. The zero-order valence-electron chi connectivity index (χ0n) is 11.5. The number of fused-ring (bicyclic) bond motifs is 1. The van der Waals surface area contributed by atoms with Crippen LogP contribution in [0.1, 0.15) is 6.42 Å². The molecule has 1 atom stereocenters. The van der Waals surface area contributed by atoms with E-state index in [1.54, 1.807) is 11.3 Å². The van der Waals surface area contributed by atoms with Crippen LogP contribution in [0.25, 0.3) is 21.3 Å². The van der Waals surface area contributed by atoms with Crippen LogP contribution in [-0.2, 0) is 0 Å². The Balaban J connectivity index is 1.76. The van der Waals surface area contributed by atoms with Gasteiger partial charge in [-0.05, 0) is 36.6 Å². The summed E-state index contributed by atoms with van der Waals surface area (Å²) in [6.45, 7) is 1.96. The maximum atomic E-state index is 6.06. The number of hydrogen-bond donors (Lipinski definition) is 1. The van der Waals surface area contributed by atoms with Crippen LogP contribution in [0.3, 0.4) is 0 Å². The molecule has 1 aromatic carbocycles. The van der Waals surface area contributed by atoms with Gasteiger partial charge >= 0.3 is 0 Å². The molecule has 21 heavy (non-hydrogen) atoms. The van der Waals surface area contributed by atoms with Gasteiger partial charge in [-0.25, -0.2) is 4.98 Å². The number of nitrogens with one attached hydrogen (secondary N) is 1. The molecule has 0 unspecified atom stereocenters. The van der Waals surface area contributed by atoms with Crippen molar-refractivity contribution in [2.45, 2.75) is 12.5 Å². The third-order valence-corrected chi connectivity index (χ3v) is 4.52. The second-order valence-corrected chi connectivity index (χ2v) is 6.03. The van der Waals surface area contributed by atoms with Crippen LogP contribution in [-0.4, -0.2) is 29.2 Å². The molecule has 2 aromatic heterocycles. The minimum atomic E-state index is 0.271. The second kappa shape index (κ2) is 5.42. The Kier molecular flexibility index (Phi) is 3.29. The molecule has 1 saturated heterocycles. The summed E-state index contributed by atoms with van der Waals surface area (Å²) in [5, 5.41) is 8.55. The van der Waals surface area contributed by atoms with Crippen LogP contribution in [0.15, 0.2) is 42.2 Å². The number of rotatable bonds is 3. The molecule has 0 saturated carbocycles. The molecule has 3 heterocycles. The number of nitrogens with zero attached hydrogens (tertiary/aromatic N) is 2. The van der Waals surface area contributed by atoms with Gasteiger partial charge in [-0.1, -0.05) is 0 Å². The van der Waals surface area contributed by atoms with Gasteiger partial charge in [-0.2, -0.15) is 0 Å². The molecule has 1 aliphatic rings. The van der Waals surface area contributed by atoms with Gasteiger partial charge in [-0.3, -0.25) is 4.98 Å². The number of aromatic nitrogens is 2. The molecule has 1 N–H and O–H groups in total. The molecular formula is C16H15N3OS. The summed E-state index contributed by atoms with van der Waals surface area (Å²) in [5.41, 5.74) is 1.07. The van der Waals surface area contributed by atoms with Gasteiger partial charge in [0.25, 0.3) is 0 Å². The van der Waals surface area contributed by atoms with Gasteiger partial charge in [0.05, 0.1) is 0 Å².